The van der Waals surface area contributed by atoms with E-state index in [1.807, 2.05) is 72.8 Å². The normalized spacial score (nSPS) is 15.8. The molecule has 6 nitrogen and oxygen atoms in total. The van der Waals surface area contributed by atoms with Crippen LogP contribution in [0.2, 0.25) is 0 Å². The Labute approximate surface area is 717 Å². The number of hydrogen-bond donors (Lipinski definition) is 0. The van der Waals surface area contributed by atoms with Crippen molar-refractivity contribution in [3.8, 4) is 0 Å². The molecule has 0 aliphatic heterocycles. The number of rotatable bonds is 46. The van der Waals surface area contributed by atoms with Gasteiger partial charge in [0.1, 0.15) is 0 Å². The van der Waals surface area contributed by atoms with E-state index in [2.05, 4.69) is 69.0 Å². The van der Waals surface area contributed by atoms with Crippen molar-refractivity contribution in [1.82, 2.24) is 0 Å². The van der Waals surface area contributed by atoms with Gasteiger partial charge in [-0.3, -0.25) is 0 Å². The van der Waals surface area contributed by atoms with Crippen LogP contribution >= 0.6 is 51.1 Å². The van der Waals surface area contributed by atoms with Gasteiger partial charge in [0.15, 0.2) is 0 Å². The molecule has 4 rings (SSSR count). The second kappa shape index (κ2) is 49.6. The minimum Gasteiger partial charge on any atom is -0.748 e. The van der Waals surface area contributed by atoms with Crippen molar-refractivity contribution >= 4 is 71.4 Å². The van der Waals surface area contributed by atoms with E-state index in [0.717, 1.165) is 154 Å². The average Bonchev–Trinajstić information content (AvgIpc) is 0.793. The predicted molar refractivity (Wildman–Crippen MR) is 431 cm³/mol. The van der Waals surface area contributed by atoms with Crippen LogP contribution in [0.5, 0.6) is 0 Å². The fraction of sp³-hybridized carbons (Fsp3) is 0.526. The maximum atomic E-state index is 12.0. The standard InChI is InChI=1S/4C16H23F5S.C10H17F5S.2CH4O3S.2Na/c2*1-15(16-12-8-6-9-13-16)11-7-4-2-3-5-10-14-22(17,18,19,20)21;2*17-22(18,19,20,21)15-11-6-4-2-1-3-5-8-12-16-13-9-7-10-14-16;1-2-3-4-5-6-7-8-9-10-16(11,12,13,14)15;2*1-5(2,3)4;;/h2*6,8-10,12-15H,2-5,7,11H2,1H3;2*7,9-11,13-15H,1-6,8,12H2;2,9-10H,1,3-8H2;2*1H3,(H,2,3,4);;/q;;;;;;;2*+1/p-2/b2*14-10+;2*15-11+;10-9+;;;;. The van der Waals surface area contributed by atoms with Crippen molar-refractivity contribution in [3.05, 3.63) is 214 Å². The molecule has 0 fully saturated rings. The molecule has 0 N–H and O–H groups in total. The molecule has 2 unspecified atom stereocenters. The molecule has 0 aliphatic carbocycles. The van der Waals surface area contributed by atoms with Gasteiger partial charge in [0, 0.05) is 12.5 Å². The van der Waals surface area contributed by atoms with Crippen molar-refractivity contribution < 1.29 is 182 Å². The fourth-order valence-electron chi connectivity index (χ4n) is 10.1. The fourth-order valence-corrected chi connectivity index (χ4v) is 12.6. The van der Waals surface area contributed by atoms with Gasteiger partial charge in [-0.2, -0.15) is 0 Å². The number of hydrogen-bond acceptors (Lipinski definition) is 6. The first-order valence-electron chi connectivity index (χ1n) is 36.8. The molecule has 4 aromatic rings. The third kappa shape index (κ3) is 111. The van der Waals surface area contributed by atoms with Crippen LogP contribution in [0.25, 0.3) is 0 Å². The molecule has 0 saturated carbocycles. The monoisotopic (exact) mass is 1870 g/mol. The number of halogens is 25. The molecule has 0 aromatic heterocycles. The Morgan fingerprint density at radius 3 is 0.638 bits per heavy atom. The average molecular weight is 1870 g/mol. The number of unbranched alkanes of at least 4 members (excludes halogenated alkanes) is 25. The van der Waals surface area contributed by atoms with Crippen molar-refractivity contribution in [3.63, 3.8) is 0 Å². The quantitative estimate of drug-likeness (QED) is 0.0143. The van der Waals surface area contributed by atoms with Crippen LogP contribution in [0.15, 0.2) is 191 Å². The Morgan fingerprint density at radius 1 is 0.284 bits per heavy atom. The molecule has 0 aliphatic rings. The maximum Gasteiger partial charge on any atom is 1.00 e. The van der Waals surface area contributed by atoms with E-state index in [4.69, 9.17) is 25.9 Å². The molecule has 40 heteroatoms. The zero-order valence-electron chi connectivity index (χ0n) is 66.6. The van der Waals surface area contributed by atoms with E-state index < -0.39 is 98.4 Å². The van der Waals surface area contributed by atoms with E-state index in [1.165, 1.54) is 22.3 Å². The Hall–Kier alpha value is -2.86. The molecule has 0 saturated heterocycles. The molecule has 674 valence electrons. The van der Waals surface area contributed by atoms with Gasteiger partial charge in [-0.05, 0) is 150 Å². The summed E-state index contributed by atoms with van der Waals surface area (Å²) in [5.74, 6) is 0.906. The van der Waals surface area contributed by atoms with Crippen LogP contribution in [0.3, 0.4) is 0 Å². The first kappa shape index (κ1) is 122. The maximum absolute atomic E-state index is 12.0. The Bertz CT molecular complexity index is 3470. The van der Waals surface area contributed by atoms with Crippen LogP contribution in [0.1, 0.15) is 253 Å². The third-order valence-corrected chi connectivity index (χ3v) is 18.9. The van der Waals surface area contributed by atoms with E-state index in [0.29, 0.717) is 86.8 Å². The molecule has 0 spiro atoms. The Balaban J connectivity index is -0.000000429. The summed E-state index contributed by atoms with van der Waals surface area (Å²) in [6.45, 7) is 7.83. The largest absolute Gasteiger partial charge is 1.00 e. The first-order chi connectivity index (χ1) is 51.1. The molecule has 0 radical (unpaired) electrons. The summed E-state index contributed by atoms with van der Waals surface area (Å²) in [6, 6.07) is 40.6. The van der Waals surface area contributed by atoms with Gasteiger partial charge in [0.2, 0.25) is 0 Å². The molecule has 0 bridgehead atoms. The smallest absolute Gasteiger partial charge is 0.748 e. The minimum atomic E-state index is -9.36. The van der Waals surface area contributed by atoms with Crippen molar-refractivity contribution in [2.45, 2.75) is 244 Å². The predicted octanol–water partition coefficient (Wildman–Crippen LogP) is 30.1. The van der Waals surface area contributed by atoms with E-state index in [-0.39, 0.29) is 91.2 Å². The second-order valence-electron chi connectivity index (χ2n) is 27.6. The van der Waals surface area contributed by atoms with Gasteiger partial charge >= 0.3 is 110 Å². The number of aryl methyl sites for hydroxylation is 2. The molecule has 116 heavy (non-hydrogen) atoms. The third-order valence-electron chi connectivity index (χ3n) is 15.4. The summed E-state index contributed by atoms with van der Waals surface area (Å²) in [4.78, 5) is 0. The number of allylic oxidation sites excluding steroid dienone is 6. The van der Waals surface area contributed by atoms with E-state index >= 15 is 0 Å². The zero-order valence-corrected chi connectivity index (χ0v) is 76.3. The summed E-state index contributed by atoms with van der Waals surface area (Å²) in [5, 5.41) is -4.20. The van der Waals surface area contributed by atoms with E-state index in [1.54, 1.807) is 6.08 Å². The molecule has 0 heterocycles. The summed E-state index contributed by atoms with van der Waals surface area (Å²) >= 11 is 0. The van der Waals surface area contributed by atoms with Crippen LogP contribution in [0, 0.1) is 0 Å². The zero-order chi connectivity index (χ0) is 88.5. The van der Waals surface area contributed by atoms with Crippen LogP contribution in [-0.2, 0) is 33.1 Å². The van der Waals surface area contributed by atoms with Crippen molar-refractivity contribution in [1.29, 1.82) is 0 Å². The minimum absolute atomic E-state index is 0. The van der Waals surface area contributed by atoms with Gasteiger partial charge in [-0.25, -0.2) is 16.8 Å². The van der Waals surface area contributed by atoms with Crippen LogP contribution in [0.4, 0.5) is 97.1 Å². The second-order valence-corrected chi connectivity index (χ2v) is 42.1. The van der Waals surface area contributed by atoms with Gasteiger partial charge < -0.3 is 9.11 Å². The summed E-state index contributed by atoms with van der Waals surface area (Å²) < 4.78 is 353. The topological polar surface area (TPSA) is 114 Å². The SMILES string of the molecule is C=CCCCCCC/C=C/S(F)(F)(F)(F)F.CC(CCCCCC/C=C/S(F)(F)(F)(F)F)c1ccccc1.CC(CCCCCC/C=C/S(F)(F)(F)(F)F)c1ccccc1.CS(=O)(=O)[O-].CS(=O)(=O)[O-].FS(F)(F)(F)(F)/C=C/CCCCCCCCc1ccccc1.FS(F)(F)(F)(F)/C=C/CCCCCCCCc1ccccc1.[Na+].[Na+]. The van der Waals surface area contributed by atoms with E-state index in [9.17, 15) is 97.1 Å². The first-order valence-corrected chi connectivity index (χ1v) is 50.5. The summed E-state index contributed by atoms with van der Waals surface area (Å²) in [7, 11) is -54.6. The molecule has 4 aromatic carbocycles. The molecule has 0 amide bonds. The van der Waals surface area contributed by atoms with Gasteiger partial charge in [0.25, 0.3) is 0 Å². The van der Waals surface area contributed by atoms with Gasteiger partial charge in [-0.1, -0.05) is 372 Å². The Kier molecular flexibility index (Phi) is 52.0. The number of benzene rings is 4. The summed E-state index contributed by atoms with van der Waals surface area (Å²) in [6.07, 6.45) is 31.1. The molecular formula is C76H115F25Na2O6S7. The van der Waals surface area contributed by atoms with Gasteiger partial charge in [0.05, 0.1) is 47.3 Å². The van der Waals surface area contributed by atoms with Crippen molar-refractivity contribution in [2.75, 3.05) is 12.5 Å². The van der Waals surface area contributed by atoms with Crippen LogP contribution < -0.4 is 59.1 Å². The summed E-state index contributed by atoms with van der Waals surface area (Å²) in [5.41, 5.74) is 5.18. The Morgan fingerprint density at radius 2 is 0.448 bits per heavy atom. The molecular weight excluding hydrogens is 1750 g/mol. The van der Waals surface area contributed by atoms with Crippen molar-refractivity contribution in [2.24, 2.45) is 0 Å². The van der Waals surface area contributed by atoms with Crippen LogP contribution in [-0.4, -0.2) is 38.5 Å². The van der Waals surface area contributed by atoms with Gasteiger partial charge in [-0.15, -0.1) is 6.58 Å². The molecule has 2 atom stereocenters.